The highest BCUT2D eigenvalue weighted by atomic mass is 32.2. The Morgan fingerprint density at radius 3 is 2.84 bits per heavy atom. The molecule has 3 rings (SSSR count). The summed E-state index contributed by atoms with van der Waals surface area (Å²) in [5.74, 6) is 0.278. The average molecular weight is 269 g/mol. The van der Waals surface area contributed by atoms with E-state index in [0.717, 1.165) is 29.0 Å². The molecule has 1 atom stereocenters. The molecule has 0 saturated carbocycles. The van der Waals surface area contributed by atoms with Gasteiger partial charge in [-0.15, -0.1) is 11.8 Å². The lowest BCUT2D eigenvalue weighted by molar-refractivity contribution is 0.0976. The maximum absolute atomic E-state index is 12.1. The molecule has 1 aromatic heterocycles. The molecule has 1 aromatic carbocycles. The Balaban J connectivity index is 1.67. The van der Waals surface area contributed by atoms with Crippen LogP contribution in [-0.2, 0) is 6.42 Å². The van der Waals surface area contributed by atoms with Gasteiger partial charge in [-0.25, -0.2) is 0 Å². The van der Waals surface area contributed by atoms with E-state index in [0.29, 0.717) is 11.7 Å². The van der Waals surface area contributed by atoms with Gasteiger partial charge >= 0.3 is 0 Å². The van der Waals surface area contributed by atoms with Crippen LogP contribution < -0.4 is 0 Å². The van der Waals surface area contributed by atoms with Crippen molar-refractivity contribution in [3.63, 3.8) is 0 Å². The molecule has 0 N–H and O–H groups in total. The van der Waals surface area contributed by atoms with Gasteiger partial charge in [0.1, 0.15) is 0 Å². The summed E-state index contributed by atoms with van der Waals surface area (Å²) in [6.45, 7) is 0. The maximum Gasteiger partial charge on any atom is 0.165 e. The van der Waals surface area contributed by atoms with Crippen molar-refractivity contribution in [2.45, 2.75) is 29.4 Å². The summed E-state index contributed by atoms with van der Waals surface area (Å²) in [5.41, 5.74) is 2.00. The number of carbonyl (C=O) groups is 1. The molecule has 0 aliphatic carbocycles. The molecule has 0 saturated heterocycles. The number of thioether (sulfide) groups is 1. The third-order valence-electron chi connectivity index (χ3n) is 3.34. The zero-order valence-corrected chi connectivity index (χ0v) is 11.4. The number of fused-ring (bicyclic) bond motifs is 1. The van der Waals surface area contributed by atoms with E-state index in [1.165, 1.54) is 0 Å². The van der Waals surface area contributed by atoms with Crippen LogP contribution in [0.5, 0.6) is 0 Å². The van der Waals surface area contributed by atoms with Crippen molar-refractivity contribution < 1.29 is 4.79 Å². The fourth-order valence-electron chi connectivity index (χ4n) is 2.35. The van der Waals surface area contributed by atoms with Crippen LogP contribution in [0.2, 0.25) is 0 Å². The molecule has 0 radical (unpaired) electrons. The Morgan fingerprint density at radius 2 is 2.00 bits per heavy atom. The summed E-state index contributed by atoms with van der Waals surface area (Å²) >= 11 is 1.83. The van der Waals surface area contributed by atoms with Gasteiger partial charge in [0.05, 0.1) is 0 Å². The van der Waals surface area contributed by atoms with Crippen molar-refractivity contribution in [3.8, 4) is 0 Å². The number of pyridine rings is 1. The van der Waals surface area contributed by atoms with Crippen LogP contribution >= 0.6 is 11.8 Å². The summed E-state index contributed by atoms with van der Waals surface area (Å²) in [6, 6.07) is 13.9. The van der Waals surface area contributed by atoms with Gasteiger partial charge in [0.2, 0.25) is 0 Å². The van der Waals surface area contributed by atoms with E-state index in [-0.39, 0.29) is 5.78 Å². The van der Waals surface area contributed by atoms with E-state index in [4.69, 9.17) is 0 Å². The molecule has 19 heavy (non-hydrogen) atoms. The standard InChI is InChI=1S/C16H15NOS/c18-15-11-13(9-8-12-5-3-4-10-17-12)19-16-7-2-1-6-14(15)16/h1-7,10,13H,8-9,11H2. The number of hydrogen-bond donors (Lipinski definition) is 0. The minimum atomic E-state index is 0.278. The smallest absolute Gasteiger partial charge is 0.165 e. The number of Topliss-reactive ketones (excluding diaryl/α,β-unsaturated/α-hetero) is 1. The second-order valence-corrected chi connectivity index (χ2v) is 6.07. The van der Waals surface area contributed by atoms with E-state index in [2.05, 4.69) is 4.98 Å². The molecule has 1 unspecified atom stereocenters. The number of aromatic nitrogens is 1. The quantitative estimate of drug-likeness (QED) is 0.849. The largest absolute Gasteiger partial charge is 0.294 e. The molecule has 96 valence electrons. The molecular weight excluding hydrogens is 254 g/mol. The van der Waals surface area contributed by atoms with Crippen molar-refractivity contribution in [2.75, 3.05) is 0 Å². The maximum atomic E-state index is 12.1. The monoisotopic (exact) mass is 269 g/mol. The molecule has 0 amide bonds. The van der Waals surface area contributed by atoms with E-state index in [1.807, 2.05) is 60.4 Å². The molecular formula is C16H15NOS. The number of rotatable bonds is 3. The van der Waals surface area contributed by atoms with E-state index >= 15 is 0 Å². The minimum absolute atomic E-state index is 0.278. The number of benzene rings is 1. The molecule has 2 nitrogen and oxygen atoms in total. The van der Waals surface area contributed by atoms with Gasteiger partial charge < -0.3 is 0 Å². The van der Waals surface area contributed by atoms with Crippen LogP contribution in [0.3, 0.4) is 0 Å². The summed E-state index contributed by atoms with van der Waals surface area (Å²) in [7, 11) is 0. The van der Waals surface area contributed by atoms with Crippen molar-refractivity contribution >= 4 is 17.5 Å². The summed E-state index contributed by atoms with van der Waals surface area (Å²) in [4.78, 5) is 17.5. The van der Waals surface area contributed by atoms with Gasteiger partial charge in [-0.1, -0.05) is 24.3 Å². The predicted molar refractivity (Wildman–Crippen MR) is 77.6 cm³/mol. The lowest BCUT2D eigenvalue weighted by atomic mass is 10.0. The first-order chi connectivity index (χ1) is 9.33. The number of hydrogen-bond acceptors (Lipinski definition) is 3. The third-order valence-corrected chi connectivity index (χ3v) is 4.69. The molecule has 2 aromatic rings. The van der Waals surface area contributed by atoms with Gasteiger partial charge in [-0.05, 0) is 31.0 Å². The molecule has 1 aliphatic heterocycles. The molecule has 2 heterocycles. The fraction of sp³-hybridized carbons (Fsp3) is 0.250. The van der Waals surface area contributed by atoms with Crippen LogP contribution in [0.4, 0.5) is 0 Å². The summed E-state index contributed by atoms with van der Waals surface area (Å²) < 4.78 is 0. The van der Waals surface area contributed by atoms with Crippen LogP contribution in [0, 0.1) is 0 Å². The first-order valence-corrected chi connectivity index (χ1v) is 7.40. The van der Waals surface area contributed by atoms with Crippen molar-refractivity contribution in [3.05, 3.63) is 59.9 Å². The van der Waals surface area contributed by atoms with Crippen LogP contribution in [0.15, 0.2) is 53.6 Å². The zero-order chi connectivity index (χ0) is 13.1. The normalized spacial score (nSPS) is 18.1. The Labute approximate surface area is 117 Å². The number of ketones is 1. The molecule has 0 bridgehead atoms. The Bertz CT molecular complexity index is 582. The second kappa shape index (κ2) is 5.57. The fourth-order valence-corrected chi connectivity index (χ4v) is 3.65. The molecule has 1 aliphatic rings. The summed E-state index contributed by atoms with van der Waals surface area (Å²) in [6.07, 6.45) is 4.41. The molecule has 0 fully saturated rings. The number of aryl methyl sites for hydroxylation is 1. The lowest BCUT2D eigenvalue weighted by Crippen LogP contribution is -2.18. The first kappa shape index (κ1) is 12.4. The SMILES string of the molecule is O=C1CC(CCc2ccccn2)Sc2ccccc21. The van der Waals surface area contributed by atoms with Crippen molar-refractivity contribution in [1.29, 1.82) is 0 Å². The Hall–Kier alpha value is -1.61. The third kappa shape index (κ3) is 2.87. The highest BCUT2D eigenvalue weighted by Crippen LogP contribution is 2.36. The highest BCUT2D eigenvalue weighted by molar-refractivity contribution is 8.00. The van der Waals surface area contributed by atoms with Crippen LogP contribution in [0.25, 0.3) is 0 Å². The Kier molecular flexibility index (Phi) is 3.65. The van der Waals surface area contributed by atoms with E-state index in [1.54, 1.807) is 0 Å². The lowest BCUT2D eigenvalue weighted by Gasteiger charge is -2.22. The van der Waals surface area contributed by atoms with Gasteiger partial charge in [0.25, 0.3) is 0 Å². The van der Waals surface area contributed by atoms with Crippen molar-refractivity contribution in [1.82, 2.24) is 4.98 Å². The summed E-state index contributed by atoms with van der Waals surface area (Å²) in [5, 5.41) is 0.379. The van der Waals surface area contributed by atoms with Crippen molar-refractivity contribution in [2.24, 2.45) is 0 Å². The Morgan fingerprint density at radius 1 is 1.16 bits per heavy atom. The van der Waals surface area contributed by atoms with Gasteiger partial charge in [-0.3, -0.25) is 9.78 Å². The average Bonchev–Trinajstić information content (AvgIpc) is 2.46. The van der Waals surface area contributed by atoms with Gasteiger partial charge in [-0.2, -0.15) is 0 Å². The topological polar surface area (TPSA) is 30.0 Å². The van der Waals surface area contributed by atoms with Gasteiger partial charge in [0.15, 0.2) is 5.78 Å². The second-order valence-electron chi connectivity index (χ2n) is 4.72. The number of nitrogens with zero attached hydrogens (tertiary/aromatic N) is 1. The van der Waals surface area contributed by atoms with E-state index < -0.39 is 0 Å². The minimum Gasteiger partial charge on any atom is -0.294 e. The molecule has 3 heteroatoms. The van der Waals surface area contributed by atoms with Crippen LogP contribution in [-0.4, -0.2) is 16.0 Å². The number of carbonyl (C=O) groups excluding carboxylic acids is 1. The van der Waals surface area contributed by atoms with Gasteiger partial charge in [0, 0.05) is 34.0 Å². The van der Waals surface area contributed by atoms with E-state index in [9.17, 15) is 4.79 Å². The predicted octanol–water partition coefficient (Wildman–Crippen LogP) is 3.76. The molecule has 0 spiro atoms. The van der Waals surface area contributed by atoms with Crippen LogP contribution in [0.1, 0.15) is 28.9 Å². The highest BCUT2D eigenvalue weighted by Gasteiger charge is 2.25. The zero-order valence-electron chi connectivity index (χ0n) is 10.6. The first-order valence-electron chi connectivity index (χ1n) is 6.52.